The van der Waals surface area contributed by atoms with Gasteiger partial charge in [0.15, 0.2) is 0 Å². The lowest BCUT2D eigenvalue weighted by Crippen LogP contribution is -2.32. The third kappa shape index (κ3) is 3.93. The van der Waals surface area contributed by atoms with Crippen molar-refractivity contribution in [2.45, 2.75) is 63.3 Å². The third-order valence-electron chi connectivity index (χ3n) is 7.20. The highest BCUT2D eigenvalue weighted by Gasteiger charge is 2.55. The van der Waals surface area contributed by atoms with Crippen molar-refractivity contribution in [1.82, 2.24) is 20.1 Å². The summed E-state index contributed by atoms with van der Waals surface area (Å²) in [5.74, 6) is -1.39. The number of hydrogen-bond acceptors (Lipinski definition) is 5. The van der Waals surface area contributed by atoms with Gasteiger partial charge < -0.3 is 14.5 Å². The van der Waals surface area contributed by atoms with Gasteiger partial charge in [0.1, 0.15) is 17.0 Å². The molecule has 1 atom stereocenters. The zero-order chi connectivity index (χ0) is 24.4. The summed E-state index contributed by atoms with van der Waals surface area (Å²) in [5.41, 5.74) is 1.38. The Hall–Kier alpha value is -3.14. The van der Waals surface area contributed by atoms with Crippen molar-refractivity contribution in [2.75, 3.05) is 13.2 Å². The van der Waals surface area contributed by atoms with Gasteiger partial charge in [0.25, 0.3) is 5.91 Å². The fraction of sp³-hybridized carbons (Fsp3) is 0.480. The number of halogens is 3. The van der Waals surface area contributed by atoms with Crippen LogP contribution in [-0.4, -0.2) is 39.9 Å². The predicted octanol–water partition coefficient (Wildman–Crippen LogP) is 4.41. The normalized spacial score (nSPS) is 20.1. The van der Waals surface area contributed by atoms with E-state index >= 15 is 0 Å². The largest absolute Gasteiger partial charge is 0.454 e. The van der Waals surface area contributed by atoms with Crippen molar-refractivity contribution >= 4 is 5.91 Å². The molecule has 7 nitrogen and oxygen atoms in total. The number of aromatic nitrogens is 3. The molecule has 1 saturated carbocycles. The summed E-state index contributed by atoms with van der Waals surface area (Å²) in [6.07, 6.45) is 2.26. The highest BCUT2D eigenvalue weighted by Crippen LogP contribution is 2.59. The first kappa shape index (κ1) is 22.3. The van der Waals surface area contributed by atoms with Crippen LogP contribution in [0.1, 0.15) is 64.4 Å². The molecule has 6 rings (SSSR count). The molecule has 2 fully saturated rings. The first-order chi connectivity index (χ1) is 16.7. The number of nitrogens with zero attached hydrogens (tertiary/aromatic N) is 3. The maximum absolute atomic E-state index is 14.4. The molecule has 0 radical (unpaired) electrons. The number of carbonyl (C=O) groups excluding carboxylic acids is 1. The summed E-state index contributed by atoms with van der Waals surface area (Å²) < 4.78 is 55.9. The number of rotatable bonds is 5. The van der Waals surface area contributed by atoms with Gasteiger partial charge in [0.05, 0.1) is 23.9 Å². The van der Waals surface area contributed by atoms with Gasteiger partial charge >= 0.3 is 6.18 Å². The van der Waals surface area contributed by atoms with E-state index < -0.39 is 23.4 Å². The number of ether oxygens (including phenoxy) is 1. The van der Waals surface area contributed by atoms with Gasteiger partial charge in [-0.05, 0) is 44.2 Å². The molecule has 35 heavy (non-hydrogen) atoms. The van der Waals surface area contributed by atoms with Crippen molar-refractivity contribution in [3.05, 3.63) is 58.4 Å². The van der Waals surface area contributed by atoms with Crippen LogP contribution in [0.3, 0.4) is 0 Å². The second-order valence-electron chi connectivity index (χ2n) is 9.82. The second-order valence-corrected chi connectivity index (χ2v) is 9.82. The molecule has 3 aromatic heterocycles. The molecular formula is C25H25F3N4O3. The lowest BCUT2D eigenvalue weighted by Gasteiger charge is -2.20. The Morgan fingerprint density at radius 1 is 1.31 bits per heavy atom. The topological polar surface area (TPSA) is 82.2 Å². The monoisotopic (exact) mass is 486 g/mol. The van der Waals surface area contributed by atoms with E-state index in [0.29, 0.717) is 19.6 Å². The van der Waals surface area contributed by atoms with E-state index in [1.807, 2.05) is 25.3 Å². The van der Waals surface area contributed by atoms with E-state index in [-0.39, 0.29) is 35.1 Å². The molecule has 3 aromatic rings. The molecule has 0 unspecified atom stereocenters. The number of aryl methyl sites for hydroxylation is 1. The Balaban J connectivity index is 1.39. The van der Waals surface area contributed by atoms with Gasteiger partial charge in [0.2, 0.25) is 5.76 Å². The quantitative estimate of drug-likeness (QED) is 0.578. The molecule has 0 aromatic carbocycles. The summed E-state index contributed by atoms with van der Waals surface area (Å²) in [6, 6.07) is 3.81. The van der Waals surface area contributed by atoms with E-state index in [4.69, 9.17) is 9.15 Å². The number of furan rings is 1. The minimum Gasteiger partial charge on any atom is -0.454 e. The Kier molecular flexibility index (Phi) is 5.07. The van der Waals surface area contributed by atoms with Crippen LogP contribution in [0.25, 0.3) is 11.3 Å². The van der Waals surface area contributed by atoms with Crippen molar-refractivity contribution in [3.63, 3.8) is 0 Å². The number of pyridine rings is 1. The van der Waals surface area contributed by atoms with Crippen LogP contribution in [-0.2, 0) is 29.3 Å². The van der Waals surface area contributed by atoms with Crippen LogP contribution >= 0.6 is 0 Å². The van der Waals surface area contributed by atoms with Gasteiger partial charge in [-0.25, -0.2) is 0 Å². The SMILES string of the molecule is Cc1ccc(Cn2cc3c(n2)-c2c(oc(C(=O)NC[C@@H]4CCCO4)c2C(F)(F)F)CC32CC2)nc1. The molecule has 1 spiro atoms. The van der Waals surface area contributed by atoms with E-state index in [1.165, 1.54) is 0 Å². The van der Waals surface area contributed by atoms with Crippen LogP contribution in [0.4, 0.5) is 13.2 Å². The number of nitrogens with one attached hydrogen (secondary N) is 1. The van der Waals surface area contributed by atoms with Crippen molar-refractivity contribution in [1.29, 1.82) is 0 Å². The molecule has 1 amide bonds. The fourth-order valence-corrected chi connectivity index (χ4v) is 5.21. The van der Waals surface area contributed by atoms with E-state index in [2.05, 4.69) is 15.4 Å². The summed E-state index contributed by atoms with van der Waals surface area (Å²) in [5, 5.41) is 7.14. The van der Waals surface area contributed by atoms with Gasteiger partial charge in [-0.1, -0.05) is 6.07 Å². The lowest BCUT2D eigenvalue weighted by atomic mass is 9.82. The van der Waals surface area contributed by atoms with Crippen molar-refractivity contribution in [3.8, 4) is 11.3 Å². The Labute approximate surface area is 199 Å². The molecule has 4 heterocycles. The smallest absolute Gasteiger partial charge is 0.420 e. The van der Waals surface area contributed by atoms with Gasteiger partial charge in [0, 0.05) is 42.9 Å². The highest BCUT2D eigenvalue weighted by atomic mass is 19.4. The molecule has 1 aliphatic heterocycles. The van der Waals surface area contributed by atoms with Gasteiger partial charge in [-0.15, -0.1) is 0 Å². The van der Waals surface area contributed by atoms with E-state index in [1.54, 1.807) is 10.9 Å². The average molecular weight is 486 g/mol. The Morgan fingerprint density at radius 2 is 2.14 bits per heavy atom. The fourth-order valence-electron chi connectivity index (χ4n) is 5.21. The third-order valence-corrected chi connectivity index (χ3v) is 7.20. The number of hydrogen-bond donors (Lipinski definition) is 1. The molecule has 1 N–H and O–H groups in total. The molecule has 0 bridgehead atoms. The second kappa shape index (κ2) is 7.94. The highest BCUT2D eigenvalue weighted by molar-refractivity contribution is 5.96. The first-order valence-electron chi connectivity index (χ1n) is 11.9. The number of carbonyl (C=O) groups is 1. The van der Waals surface area contributed by atoms with E-state index in [0.717, 1.165) is 42.5 Å². The summed E-state index contributed by atoms with van der Waals surface area (Å²) in [7, 11) is 0. The van der Waals surface area contributed by atoms with Gasteiger partial charge in [-0.2, -0.15) is 18.3 Å². The standard InChI is InChI=1S/C25H25F3N4O3/c1-14-4-5-15(29-10-14)12-32-13-17-21(31-32)19-18(9-24(17)6-7-24)35-22(20(19)25(26,27)28)23(33)30-11-16-3-2-8-34-16/h4-5,10,13,16H,2-3,6-9,11-12H2,1H3,(H,30,33)/t16-/m0/s1. The summed E-state index contributed by atoms with van der Waals surface area (Å²) >= 11 is 0. The molecule has 2 aliphatic carbocycles. The van der Waals surface area contributed by atoms with Crippen LogP contribution in [0, 0.1) is 6.92 Å². The van der Waals surface area contributed by atoms with Crippen molar-refractivity contribution in [2.24, 2.45) is 0 Å². The van der Waals surface area contributed by atoms with Crippen LogP contribution in [0.15, 0.2) is 28.9 Å². The van der Waals surface area contributed by atoms with Crippen LogP contribution < -0.4 is 5.32 Å². The molecular weight excluding hydrogens is 461 g/mol. The minimum absolute atomic E-state index is 0.108. The molecule has 1 saturated heterocycles. The minimum atomic E-state index is -4.78. The van der Waals surface area contributed by atoms with Crippen LogP contribution in [0.2, 0.25) is 0 Å². The number of alkyl halides is 3. The average Bonchev–Trinajstić information content (AvgIpc) is 3.18. The predicted molar refractivity (Wildman–Crippen MR) is 119 cm³/mol. The zero-order valence-electron chi connectivity index (χ0n) is 19.2. The first-order valence-corrected chi connectivity index (χ1v) is 11.9. The zero-order valence-corrected chi connectivity index (χ0v) is 19.2. The van der Waals surface area contributed by atoms with E-state index in [9.17, 15) is 18.0 Å². The summed E-state index contributed by atoms with van der Waals surface area (Å²) in [4.78, 5) is 17.2. The Bertz CT molecular complexity index is 1280. The molecule has 184 valence electrons. The Morgan fingerprint density at radius 3 is 2.80 bits per heavy atom. The van der Waals surface area contributed by atoms with Crippen LogP contribution in [0.5, 0.6) is 0 Å². The summed E-state index contributed by atoms with van der Waals surface area (Å²) in [6.45, 7) is 3.02. The van der Waals surface area contributed by atoms with Gasteiger partial charge in [-0.3, -0.25) is 14.5 Å². The molecule has 3 aliphatic rings. The number of amides is 1. The molecule has 10 heteroatoms. The number of fused-ring (bicyclic) bond motifs is 4. The maximum atomic E-state index is 14.4. The maximum Gasteiger partial charge on any atom is 0.420 e. The van der Waals surface area contributed by atoms with Crippen molar-refractivity contribution < 1.29 is 27.1 Å². The lowest BCUT2D eigenvalue weighted by molar-refractivity contribution is -0.137.